The molecule has 0 aliphatic carbocycles. The van der Waals surface area contributed by atoms with E-state index in [1.807, 2.05) is 24.3 Å². The van der Waals surface area contributed by atoms with E-state index in [9.17, 15) is 5.26 Å². The van der Waals surface area contributed by atoms with E-state index in [4.69, 9.17) is 10.5 Å². The van der Waals surface area contributed by atoms with Gasteiger partial charge < -0.3 is 10.5 Å². The van der Waals surface area contributed by atoms with E-state index in [0.717, 1.165) is 24.2 Å². The summed E-state index contributed by atoms with van der Waals surface area (Å²) in [5.41, 5.74) is 6.13. The third kappa shape index (κ3) is 2.83. The first-order chi connectivity index (χ1) is 8.60. The Bertz CT molecular complexity index is 423. The molecule has 1 rings (SSSR count). The lowest BCUT2D eigenvalue weighted by molar-refractivity contribution is 0.358. The van der Waals surface area contributed by atoms with Gasteiger partial charge in [-0.15, -0.1) is 0 Å². The van der Waals surface area contributed by atoms with E-state index < -0.39 is 5.41 Å². The minimum atomic E-state index is -0.478. The van der Waals surface area contributed by atoms with Gasteiger partial charge in [-0.2, -0.15) is 5.26 Å². The van der Waals surface area contributed by atoms with Gasteiger partial charge in [0.25, 0.3) is 0 Å². The average molecular weight is 246 g/mol. The second kappa shape index (κ2) is 6.42. The summed E-state index contributed by atoms with van der Waals surface area (Å²) in [7, 11) is 1.64. The standard InChI is InChI=1S/C15H22N2O/c1-12(2)15(11-17,8-5-9-16)13-6-4-7-14(10-13)18-3/h4,6-7,10,12H,5,8-9,16H2,1-3H3/t15-/m1/s1. The Morgan fingerprint density at radius 2 is 2.17 bits per heavy atom. The number of hydrogen-bond donors (Lipinski definition) is 1. The van der Waals surface area contributed by atoms with E-state index in [0.29, 0.717) is 6.54 Å². The Kier molecular flexibility index (Phi) is 5.18. The van der Waals surface area contributed by atoms with Crippen LogP contribution in [0.25, 0.3) is 0 Å². The fourth-order valence-electron chi connectivity index (χ4n) is 2.30. The largest absolute Gasteiger partial charge is 0.497 e. The first-order valence-corrected chi connectivity index (χ1v) is 6.36. The Morgan fingerprint density at radius 3 is 2.67 bits per heavy atom. The predicted octanol–water partition coefficient (Wildman–Crippen LogP) is 2.85. The Labute approximate surface area is 110 Å². The van der Waals surface area contributed by atoms with Gasteiger partial charge in [0.15, 0.2) is 0 Å². The number of nitrogens with zero attached hydrogens (tertiary/aromatic N) is 1. The summed E-state index contributed by atoms with van der Waals surface area (Å²) in [5.74, 6) is 1.03. The normalized spacial score (nSPS) is 14.0. The van der Waals surface area contributed by atoms with Gasteiger partial charge >= 0.3 is 0 Å². The lowest BCUT2D eigenvalue weighted by Crippen LogP contribution is -2.31. The summed E-state index contributed by atoms with van der Waals surface area (Å²) >= 11 is 0. The predicted molar refractivity (Wildman–Crippen MR) is 73.4 cm³/mol. The molecule has 0 amide bonds. The number of methoxy groups -OCH3 is 1. The molecule has 0 aliphatic rings. The third-order valence-corrected chi connectivity index (χ3v) is 3.55. The van der Waals surface area contributed by atoms with E-state index in [-0.39, 0.29) is 5.92 Å². The minimum Gasteiger partial charge on any atom is -0.497 e. The topological polar surface area (TPSA) is 59.0 Å². The van der Waals surface area contributed by atoms with Crippen molar-refractivity contribution in [2.45, 2.75) is 32.1 Å². The van der Waals surface area contributed by atoms with Gasteiger partial charge in [-0.25, -0.2) is 0 Å². The van der Waals surface area contributed by atoms with E-state index in [1.54, 1.807) is 7.11 Å². The molecule has 0 bridgehead atoms. The van der Waals surface area contributed by atoms with Crippen LogP contribution in [0.3, 0.4) is 0 Å². The summed E-state index contributed by atoms with van der Waals surface area (Å²) in [6, 6.07) is 10.3. The molecule has 0 spiro atoms. The molecule has 0 saturated carbocycles. The van der Waals surface area contributed by atoms with Gasteiger partial charge in [-0.05, 0) is 43.0 Å². The van der Waals surface area contributed by atoms with E-state index in [1.165, 1.54) is 0 Å². The highest BCUT2D eigenvalue weighted by Gasteiger charge is 2.35. The molecule has 1 aromatic rings. The van der Waals surface area contributed by atoms with Crippen LogP contribution in [-0.4, -0.2) is 13.7 Å². The molecule has 2 N–H and O–H groups in total. The Balaban J connectivity index is 3.20. The van der Waals surface area contributed by atoms with Crippen LogP contribution in [0.2, 0.25) is 0 Å². The molecular formula is C15H22N2O. The van der Waals surface area contributed by atoms with Crippen LogP contribution < -0.4 is 10.5 Å². The molecule has 0 heterocycles. The van der Waals surface area contributed by atoms with Crippen LogP contribution in [0, 0.1) is 17.2 Å². The van der Waals surface area contributed by atoms with Crippen LogP contribution >= 0.6 is 0 Å². The van der Waals surface area contributed by atoms with Crippen molar-refractivity contribution in [2.75, 3.05) is 13.7 Å². The SMILES string of the molecule is COc1cccc([C@@](C#N)(CCCN)C(C)C)c1. The number of nitriles is 1. The van der Waals surface area contributed by atoms with Crippen molar-refractivity contribution in [1.82, 2.24) is 0 Å². The smallest absolute Gasteiger partial charge is 0.119 e. The van der Waals surface area contributed by atoms with Crippen molar-refractivity contribution < 1.29 is 4.74 Å². The molecule has 1 atom stereocenters. The van der Waals surface area contributed by atoms with E-state index >= 15 is 0 Å². The lowest BCUT2D eigenvalue weighted by Gasteiger charge is -2.31. The monoisotopic (exact) mass is 246 g/mol. The van der Waals surface area contributed by atoms with Crippen molar-refractivity contribution in [2.24, 2.45) is 11.7 Å². The highest BCUT2D eigenvalue weighted by atomic mass is 16.5. The maximum Gasteiger partial charge on any atom is 0.119 e. The molecule has 0 fully saturated rings. The molecule has 98 valence electrons. The first kappa shape index (κ1) is 14.5. The zero-order chi connectivity index (χ0) is 13.6. The van der Waals surface area contributed by atoms with Crippen LogP contribution in [0.15, 0.2) is 24.3 Å². The zero-order valence-electron chi connectivity index (χ0n) is 11.4. The molecule has 1 aromatic carbocycles. The summed E-state index contributed by atoms with van der Waals surface area (Å²) in [5, 5.41) is 9.66. The quantitative estimate of drug-likeness (QED) is 0.839. The zero-order valence-corrected chi connectivity index (χ0v) is 11.4. The number of rotatable bonds is 6. The number of benzene rings is 1. The van der Waals surface area contributed by atoms with E-state index in [2.05, 4.69) is 19.9 Å². The van der Waals surface area contributed by atoms with Crippen molar-refractivity contribution in [1.29, 1.82) is 5.26 Å². The molecule has 0 aliphatic heterocycles. The third-order valence-electron chi connectivity index (χ3n) is 3.55. The fraction of sp³-hybridized carbons (Fsp3) is 0.533. The van der Waals surface area contributed by atoms with Gasteiger partial charge in [0.2, 0.25) is 0 Å². The molecule has 3 nitrogen and oxygen atoms in total. The maximum atomic E-state index is 9.66. The average Bonchev–Trinajstić information content (AvgIpc) is 2.40. The molecule has 18 heavy (non-hydrogen) atoms. The van der Waals surface area contributed by atoms with Gasteiger partial charge in [0, 0.05) is 0 Å². The van der Waals surface area contributed by atoms with Gasteiger partial charge in [0.1, 0.15) is 5.75 Å². The lowest BCUT2D eigenvalue weighted by atomic mass is 9.70. The van der Waals surface area contributed by atoms with Crippen LogP contribution in [0.4, 0.5) is 0 Å². The highest BCUT2D eigenvalue weighted by Crippen LogP contribution is 2.37. The molecule has 0 unspecified atom stereocenters. The summed E-state index contributed by atoms with van der Waals surface area (Å²) in [4.78, 5) is 0. The van der Waals surface area contributed by atoms with Crippen molar-refractivity contribution in [3.63, 3.8) is 0 Å². The van der Waals surface area contributed by atoms with Crippen molar-refractivity contribution in [3.8, 4) is 11.8 Å². The maximum absolute atomic E-state index is 9.66. The fourth-order valence-corrected chi connectivity index (χ4v) is 2.30. The first-order valence-electron chi connectivity index (χ1n) is 6.36. The number of ether oxygens (including phenoxy) is 1. The van der Waals surface area contributed by atoms with Gasteiger partial charge in [-0.1, -0.05) is 26.0 Å². The van der Waals surface area contributed by atoms with Crippen molar-refractivity contribution in [3.05, 3.63) is 29.8 Å². The Morgan fingerprint density at radius 1 is 1.44 bits per heavy atom. The second-order valence-electron chi connectivity index (χ2n) is 4.86. The summed E-state index contributed by atoms with van der Waals surface area (Å²) < 4.78 is 5.24. The molecule has 0 saturated heterocycles. The van der Waals surface area contributed by atoms with Crippen LogP contribution in [0.1, 0.15) is 32.3 Å². The molecule has 0 aromatic heterocycles. The van der Waals surface area contributed by atoms with Gasteiger partial charge in [0.05, 0.1) is 18.6 Å². The summed E-state index contributed by atoms with van der Waals surface area (Å²) in [6.07, 6.45) is 1.63. The second-order valence-corrected chi connectivity index (χ2v) is 4.86. The molecule has 3 heteroatoms. The highest BCUT2D eigenvalue weighted by molar-refractivity contribution is 5.38. The molecular weight excluding hydrogens is 224 g/mol. The summed E-state index contributed by atoms with van der Waals surface area (Å²) in [6.45, 7) is 4.78. The van der Waals surface area contributed by atoms with Crippen molar-refractivity contribution >= 4 is 0 Å². The van der Waals surface area contributed by atoms with Crippen LogP contribution in [0.5, 0.6) is 5.75 Å². The minimum absolute atomic E-state index is 0.237. The number of nitrogens with two attached hydrogens (primary N) is 1. The van der Waals surface area contributed by atoms with Crippen LogP contribution in [-0.2, 0) is 5.41 Å². The number of hydrogen-bond acceptors (Lipinski definition) is 3. The van der Waals surface area contributed by atoms with Gasteiger partial charge in [-0.3, -0.25) is 0 Å². The Hall–Kier alpha value is -1.53. The molecule has 0 radical (unpaired) electrons.